The van der Waals surface area contributed by atoms with Crippen LogP contribution in [0, 0.1) is 0 Å². The van der Waals surface area contributed by atoms with Crippen molar-refractivity contribution in [3.63, 3.8) is 0 Å². The van der Waals surface area contributed by atoms with Crippen molar-refractivity contribution in [1.29, 1.82) is 0 Å². The number of hydrogen-bond donors (Lipinski definition) is 1. The summed E-state index contributed by atoms with van der Waals surface area (Å²) in [4.78, 5) is 4.21. The number of rotatable bonds is 3. The van der Waals surface area contributed by atoms with E-state index in [1.807, 2.05) is 5.38 Å². The fraction of sp³-hybridized carbons (Fsp3) is 0.750. The lowest BCUT2D eigenvalue weighted by Gasteiger charge is -2.38. The predicted octanol–water partition coefficient (Wildman–Crippen LogP) is 1.14. The Kier molecular flexibility index (Phi) is 3.74. The first-order valence-electron chi connectivity index (χ1n) is 6.72. The normalized spacial score (nSPS) is 31.8. The maximum Gasteiger partial charge on any atom is 0.211 e. The summed E-state index contributed by atoms with van der Waals surface area (Å²) in [7, 11) is -3.13. The van der Waals surface area contributed by atoms with Gasteiger partial charge in [0.2, 0.25) is 10.0 Å². The van der Waals surface area contributed by atoms with E-state index in [-0.39, 0.29) is 11.6 Å². The van der Waals surface area contributed by atoms with Gasteiger partial charge in [-0.1, -0.05) is 0 Å². The smallest absolute Gasteiger partial charge is 0.211 e. The van der Waals surface area contributed by atoms with Gasteiger partial charge in [0.15, 0.2) is 5.13 Å². The van der Waals surface area contributed by atoms with Gasteiger partial charge in [0.25, 0.3) is 0 Å². The van der Waals surface area contributed by atoms with Crippen molar-refractivity contribution >= 4 is 26.5 Å². The minimum atomic E-state index is -3.13. The van der Waals surface area contributed by atoms with Gasteiger partial charge in [-0.15, -0.1) is 11.3 Å². The third-order valence-corrected chi connectivity index (χ3v) is 5.90. The number of sulfonamides is 1. The Bertz CT molecular complexity index is 561. The topological polar surface area (TPSA) is 71.5 Å². The van der Waals surface area contributed by atoms with Crippen LogP contribution in [0.2, 0.25) is 0 Å². The van der Waals surface area contributed by atoms with Crippen LogP contribution >= 0.6 is 11.3 Å². The molecule has 3 rings (SSSR count). The molecule has 3 heterocycles. The van der Waals surface area contributed by atoms with Crippen LogP contribution in [-0.4, -0.2) is 55.3 Å². The van der Waals surface area contributed by atoms with Gasteiger partial charge in [-0.25, -0.2) is 13.4 Å². The van der Waals surface area contributed by atoms with Gasteiger partial charge in [0.05, 0.1) is 24.5 Å². The quantitative estimate of drug-likeness (QED) is 0.905. The summed E-state index contributed by atoms with van der Waals surface area (Å²) in [6, 6.07) is 0.209. The molecule has 1 aromatic rings. The zero-order valence-corrected chi connectivity index (χ0v) is 13.0. The average molecular weight is 317 g/mol. The minimum absolute atomic E-state index is 0.209. The summed E-state index contributed by atoms with van der Waals surface area (Å²) in [5.74, 6) is 0. The SMILES string of the molecule is CS(=O)(=O)N1CCC[C@]2(C[C@H](Nc3nccs3)CO2)C1. The third kappa shape index (κ3) is 2.98. The molecule has 0 unspecified atom stereocenters. The Morgan fingerprint density at radius 2 is 2.45 bits per heavy atom. The van der Waals surface area contributed by atoms with Crippen LogP contribution in [0.3, 0.4) is 0 Å². The summed E-state index contributed by atoms with van der Waals surface area (Å²) >= 11 is 1.57. The monoisotopic (exact) mass is 317 g/mol. The Morgan fingerprint density at radius 3 is 3.15 bits per heavy atom. The van der Waals surface area contributed by atoms with Crippen molar-refractivity contribution < 1.29 is 13.2 Å². The standard InChI is InChI=1S/C12H19N3O3S2/c1-20(16,17)15-5-2-3-12(9-15)7-10(8-18-12)14-11-13-4-6-19-11/h4,6,10H,2-3,5,7-9H2,1H3,(H,13,14)/t10-,12-/m0/s1. The zero-order chi connectivity index (χ0) is 14.2. The van der Waals surface area contributed by atoms with E-state index in [1.165, 1.54) is 6.26 Å². The van der Waals surface area contributed by atoms with Crippen molar-refractivity contribution in [3.05, 3.63) is 11.6 Å². The summed E-state index contributed by atoms with van der Waals surface area (Å²) in [5, 5.41) is 6.19. The fourth-order valence-corrected chi connectivity index (χ4v) is 4.57. The van der Waals surface area contributed by atoms with Crippen molar-refractivity contribution in [2.45, 2.75) is 30.9 Å². The predicted molar refractivity (Wildman–Crippen MR) is 78.5 cm³/mol. The molecule has 0 amide bonds. The largest absolute Gasteiger partial charge is 0.371 e. The Hall–Kier alpha value is -0.700. The maximum absolute atomic E-state index is 11.7. The van der Waals surface area contributed by atoms with Gasteiger partial charge >= 0.3 is 0 Å². The maximum atomic E-state index is 11.7. The van der Waals surface area contributed by atoms with E-state index < -0.39 is 10.0 Å². The lowest BCUT2D eigenvalue weighted by atomic mass is 9.90. The van der Waals surface area contributed by atoms with E-state index in [2.05, 4.69) is 10.3 Å². The van der Waals surface area contributed by atoms with E-state index in [1.54, 1.807) is 21.8 Å². The van der Waals surface area contributed by atoms with E-state index in [0.717, 1.165) is 24.4 Å². The summed E-state index contributed by atoms with van der Waals surface area (Å²) in [6.45, 7) is 1.69. The second-order valence-corrected chi connectivity index (χ2v) is 8.45. The van der Waals surface area contributed by atoms with E-state index in [0.29, 0.717) is 19.7 Å². The number of anilines is 1. The highest BCUT2D eigenvalue weighted by molar-refractivity contribution is 7.88. The molecule has 1 aromatic heterocycles. The first-order chi connectivity index (χ1) is 9.47. The number of nitrogens with zero attached hydrogens (tertiary/aromatic N) is 2. The molecule has 6 nitrogen and oxygen atoms in total. The molecule has 8 heteroatoms. The highest BCUT2D eigenvalue weighted by atomic mass is 32.2. The van der Waals surface area contributed by atoms with E-state index in [9.17, 15) is 8.42 Å². The van der Waals surface area contributed by atoms with Gasteiger partial charge in [-0.3, -0.25) is 0 Å². The first kappa shape index (κ1) is 14.2. The summed E-state index contributed by atoms with van der Waals surface area (Å²) in [5.41, 5.74) is -0.323. The van der Waals surface area contributed by atoms with Gasteiger partial charge < -0.3 is 10.1 Å². The van der Waals surface area contributed by atoms with Gasteiger partial charge in [0.1, 0.15) is 0 Å². The van der Waals surface area contributed by atoms with Crippen LogP contribution < -0.4 is 5.32 Å². The molecule has 1 N–H and O–H groups in total. The van der Waals surface area contributed by atoms with Crippen molar-refractivity contribution in [3.8, 4) is 0 Å². The number of piperidine rings is 1. The fourth-order valence-electron chi connectivity index (χ4n) is 3.03. The van der Waals surface area contributed by atoms with Crippen LogP contribution in [-0.2, 0) is 14.8 Å². The molecular formula is C12H19N3O3S2. The molecule has 2 aliphatic heterocycles. The van der Waals surface area contributed by atoms with Crippen molar-refractivity contribution in [2.24, 2.45) is 0 Å². The number of aromatic nitrogens is 1. The molecule has 2 saturated heterocycles. The second-order valence-electron chi connectivity index (χ2n) is 5.58. The van der Waals surface area contributed by atoms with Crippen LogP contribution in [0.4, 0.5) is 5.13 Å². The van der Waals surface area contributed by atoms with Crippen molar-refractivity contribution in [1.82, 2.24) is 9.29 Å². The van der Waals surface area contributed by atoms with Crippen LogP contribution in [0.1, 0.15) is 19.3 Å². The lowest BCUT2D eigenvalue weighted by molar-refractivity contribution is -0.0328. The molecule has 0 radical (unpaired) electrons. The highest BCUT2D eigenvalue weighted by Gasteiger charge is 2.45. The molecule has 2 atom stereocenters. The molecular weight excluding hydrogens is 298 g/mol. The Morgan fingerprint density at radius 1 is 1.60 bits per heavy atom. The Balaban J connectivity index is 1.65. The molecule has 20 heavy (non-hydrogen) atoms. The lowest BCUT2D eigenvalue weighted by Crippen LogP contribution is -2.50. The minimum Gasteiger partial charge on any atom is -0.371 e. The number of thiazole rings is 1. The molecule has 0 aromatic carbocycles. The molecule has 1 spiro atoms. The Labute approximate surface area is 123 Å². The molecule has 0 bridgehead atoms. The zero-order valence-electron chi connectivity index (χ0n) is 11.4. The van der Waals surface area contributed by atoms with Gasteiger partial charge in [-0.2, -0.15) is 4.31 Å². The van der Waals surface area contributed by atoms with Gasteiger partial charge in [-0.05, 0) is 12.8 Å². The number of ether oxygens (including phenoxy) is 1. The molecule has 112 valence electrons. The second kappa shape index (κ2) is 5.25. The van der Waals surface area contributed by atoms with Crippen molar-refractivity contribution in [2.75, 3.05) is 31.3 Å². The van der Waals surface area contributed by atoms with E-state index in [4.69, 9.17) is 4.74 Å². The summed E-state index contributed by atoms with van der Waals surface area (Å²) < 4.78 is 30.9. The average Bonchev–Trinajstić information content (AvgIpc) is 3.00. The highest BCUT2D eigenvalue weighted by Crippen LogP contribution is 2.36. The first-order valence-corrected chi connectivity index (χ1v) is 9.45. The van der Waals surface area contributed by atoms with E-state index >= 15 is 0 Å². The molecule has 0 aliphatic carbocycles. The molecule has 2 fully saturated rings. The summed E-state index contributed by atoms with van der Waals surface area (Å²) in [6.07, 6.45) is 5.65. The van der Waals surface area contributed by atoms with Gasteiger partial charge in [0, 0.05) is 31.1 Å². The molecule has 0 saturated carbocycles. The third-order valence-electron chi connectivity index (χ3n) is 3.94. The van der Waals surface area contributed by atoms with Crippen LogP contribution in [0.25, 0.3) is 0 Å². The van der Waals surface area contributed by atoms with Crippen LogP contribution in [0.15, 0.2) is 11.6 Å². The number of hydrogen-bond acceptors (Lipinski definition) is 6. The molecule has 2 aliphatic rings. The number of nitrogens with one attached hydrogen (secondary N) is 1. The van der Waals surface area contributed by atoms with Crippen LogP contribution in [0.5, 0.6) is 0 Å².